The Hall–Kier alpha value is -1.18. The van der Waals surface area contributed by atoms with E-state index in [0.29, 0.717) is 30.9 Å². The minimum Gasteiger partial charge on any atom is -0.497 e. The number of hydrogen-bond donors (Lipinski definition) is 0. The van der Waals surface area contributed by atoms with Gasteiger partial charge in [-0.1, -0.05) is 0 Å². The van der Waals surface area contributed by atoms with Crippen molar-refractivity contribution in [3.63, 3.8) is 0 Å². The molecule has 0 bridgehead atoms. The summed E-state index contributed by atoms with van der Waals surface area (Å²) < 4.78 is 44.4. The average molecular weight is 356 g/mol. The predicted molar refractivity (Wildman–Crippen MR) is 90.9 cm³/mol. The standard InChI is InChI=1S/C17H25FN2O3S/c1-23-15-4-5-16(18)14(10-15)11-19-8-3-6-17(12-19)7-9-20(13-17)24(2,21)22/h4-5,10H,3,6-9,11-13H2,1-2H3. The molecular formula is C17H25FN2O3S. The second-order valence-corrected chi connectivity index (χ2v) is 9.10. The van der Waals surface area contributed by atoms with Crippen LogP contribution in [0.2, 0.25) is 0 Å². The molecule has 0 N–H and O–H groups in total. The summed E-state index contributed by atoms with van der Waals surface area (Å²) in [5.74, 6) is 0.432. The average Bonchev–Trinajstić information content (AvgIpc) is 2.93. The van der Waals surface area contributed by atoms with E-state index in [1.54, 1.807) is 23.5 Å². The van der Waals surface area contributed by atoms with Crippen LogP contribution in [0.25, 0.3) is 0 Å². The van der Waals surface area contributed by atoms with Crippen LogP contribution in [0.5, 0.6) is 5.75 Å². The van der Waals surface area contributed by atoms with Crippen molar-refractivity contribution in [1.29, 1.82) is 0 Å². The van der Waals surface area contributed by atoms with E-state index in [1.165, 1.54) is 12.3 Å². The molecule has 2 aliphatic heterocycles. The molecular weight excluding hydrogens is 331 g/mol. The molecule has 1 unspecified atom stereocenters. The monoisotopic (exact) mass is 356 g/mol. The zero-order valence-corrected chi connectivity index (χ0v) is 15.1. The van der Waals surface area contributed by atoms with Crippen molar-refractivity contribution in [3.05, 3.63) is 29.6 Å². The van der Waals surface area contributed by atoms with Crippen molar-refractivity contribution >= 4 is 10.0 Å². The van der Waals surface area contributed by atoms with E-state index >= 15 is 0 Å². The summed E-state index contributed by atoms with van der Waals surface area (Å²) in [6, 6.07) is 4.81. The minimum absolute atomic E-state index is 0.0106. The summed E-state index contributed by atoms with van der Waals surface area (Å²) in [4.78, 5) is 2.24. The highest BCUT2D eigenvalue weighted by molar-refractivity contribution is 7.88. The van der Waals surface area contributed by atoms with E-state index in [9.17, 15) is 12.8 Å². The van der Waals surface area contributed by atoms with Crippen molar-refractivity contribution in [2.75, 3.05) is 39.5 Å². The Morgan fingerprint density at radius 3 is 2.71 bits per heavy atom. The van der Waals surface area contributed by atoms with Gasteiger partial charge < -0.3 is 4.74 Å². The number of sulfonamides is 1. The van der Waals surface area contributed by atoms with Crippen molar-refractivity contribution in [1.82, 2.24) is 9.21 Å². The third-order valence-electron chi connectivity index (χ3n) is 5.26. The molecule has 1 spiro atoms. The molecule has 1 aromatic carbocycles. The molecule has 0 amide bonds. The Morgan fingerprint density at radius 2 is 2.04 bits per heavy atom. The van der Waals surface area contributed by atoms with Crippen LogP contribution < -0.4 is 4.74 Å². The SMILES string of the molecule is COc1ccc(F)c(CN2CCCC3(CCN(S(C)(=O)=O)C3)C2)c1. The summed E-state index contributed by atoms with van der Waals surface area (Å²) in [5.41, 5.74) is 0.640. The molecule has 3 rings (SSSR count). The maximum atomic E-state index is 14.1. The van der Waals surface area contributed by atoms with E-state index < -0.39 is 10.0 Å². The van der Waals surface area contributed by atoms with Gasteiger partial charge in [0.25, 0.3) is 0 Å². The molecule has 5 nitrogen and oxygen atoms in total. The van der Waals surface area contributed by atoms with Crippen LogP contribution in [0.3, 0.4) is 0 Å². The molecule has 2 fully saturated rings. The lowest BCUT2D eigenvalue weighted by molar-refractivity contribution is 0.0926. The third kappa shape index (κ3) is 3.73. The van der Waals surface area contributed by atoms with Crippen LogP contribution >= 0.6 is 0 Å². The quantitative estimate of drug-likeness (QED) is 0.829. The normalized spacial score (nSPS) is 26.1. The molecule has 1 aromatic rings. The Morgan fingerprint density at radius 1 is 1.25 bits per heavy atom. The molecule has 2 heterocycles. The number of likely N-dealkylation sites (tertiary alicyclic amines) is 1. The number of methoxy groups -OCH3 is 1. The lowest BCUT2D eigenvalue weighted by Gasteiger charge is -2.40. The second kappa shape index (κ2) is 6.61. The van der Waals surface area contributed by atoms with Gasteiger partial charge in [0.05, 0.1) is 13.4 Å². The Kier molecular flexibility index (Phi) is 4.86. The van der Waals surface area contributed by atoms with Crippen LogP contribution in [-0.2, 0) is 16.6 Å². The summed E-state index contributed by atoms with van der Waals surface area (Å²) in [6.45, 7) is 3.44. The first-order chi connectivity index (χ1) is 11.3. The first-order valence-corrected chi connectivity index (χ1v) is 10.2. The minimum atomic E-state index is -3.13. The van der Waals surface area contributed by atoms with Crippen molar-refractivity contribution in [2.45, 2.75) is 25.8 Å². The van der Waals surface area contributed by atoms with Gasteiger partial charge in [-0.3, -0.25) is 4.90 Å². The van der Waals surface area contributed by atoms with Crippen LogP contribution in [0.1, 0.15) is 24.8 Å². The number of ether oxygens (including phenoxy) is 1. The highest BCUT2D eigenvalue weighted by atomic mass is 32.2. The smallest absolute Gasteiger partial charge is 0.211 e. The zero-order valence-electron chi connectivity index (χ0n) is 14.3. The third-order valence-corrected chi connectivity index (χ3v) is 6.51. The lowest BCUT2D eigenvalue weighted by Crippen LogP contribution is -2.45. The summed E-state index contributed by atoms with van der Waals surface area (Å²) >= 11 is 0. The van der Waals surface area contributed by atoms with Crippen molar-refractivity contribution < 1.29 is 17.5 Å². The molecule has 0 aliphatic carbocycles. The van der Waals surface area contributed by atoms with E-state index in [4.69, 9.17) is 4.74 Å². The van der Waals surface area contributed by atoms with E-state index in [1.807, 2.05) is 0 Å². The van der Waals surface area contributed by atoms with E-state index in [-0.39, 0.29) is 11.2 Å². The molecule has 7 heteroatoms. The number of benzene rings is 1. The van der Waals surface area contributed by atoms with Crippen molar-refractivity contribution in [3.8, 4) is 5.75 Å². The van der Waals surface area contributed by atoms with Gasteiger partial charge in [-0.2, -0.15) is 0 Å². The van der Waals surface area contributed by atoms with Gasteiger partial charge in [0.1, 0.15) is 11.6 Å². The van der Waals surface area contributed by atoms with Gasteiger partial charge >= 0.3 is 0 Å². The van der Waals surface area contributed by atoms with E-state index in [2.05, 4.69) is 4.90 Å². The second-order valence-electron chi connectivity index (χ2n) is 7.12. The fraction of sp³-hybridized carbons (Fsp3) is 0.647. The highest BCUT2D eigenvalue weighted by Gasteiger charge is 2.43. The molecule has 1 atom stereocenters. The maximum absolute atomic E-state index is 14.1. The van der Waals surface area contributed by atoms with Gasteiger partial charge in [0.15, 0.2) is 0 Å². The molecule has 24 heavy (non-hydrogen) atoms. The van der Waals surface area contributed by atoms with Crippen LogP contribution in [0, 0.1) is 11.2 Å². The first-order valence-electron chi connectivity index (χ1n) is 8.31. The summed E-state index contributed by atoms with van der Waals surface area (Å²) in [5, 5.41) is 0. The van der Waals surface area contributed by atoms with Gasteiger partial charge in [-0.25, -0.2) is 17.1 Å². The zero-order chi connectivity index (χ0) is 17.4. The van der Waals surface area contributed by atoms with Crippen LogP contribution in [0.4, 0.5) is 4.39 Å². The number of piperidine rings is 1. The van der Waals surface area contributed by atoms with E-state index in [0.717, 1.165) is 32.4 Å². The maximum Gasteiger partial charge on any atom is 0.211 e. The predicted octanol–water partition coefficient (Wildman–Crippen LogP) is 2.08. The molecule has 0 aromatic heterocycles. The molecule has 2 saturated heterocycles. The Balaban J connectivity index is 1.71. The molecule has 134 valence electrons. The fourth-order valence-corrected chi connectivity index (χ4v) is 4.93. The van der Waals surface area contributed by atoms with Gasteiger partial charge in [-0.15, -0.1) is 0 Å². The number of nitrogens with zero attached hydrogens (tertiary/aromatic N) is 2. The topological polar surface area (TPSA) is 49.9 Å². The first kappa shape index (κ1) is 17.6. The van der Waals surface area contributed by atoms with Gasteiger partial charge in [-0.05, 0) is 49.4 Å². The molecule has 0 radical (unpaired) electrons. The van der Waals surface area contributed by atoms with Crippen LogP contribution in [0.15, 0.2) is 18.2 Å². The van der Waals surface area contributed by atoms with Gasteiger partial charge in [0, 0.05) is 31.7 Å². The lowest BCUT2D eigenvalue weighted by atomic mass is 9.79. The summed E-state index contributed by atoms with van der Waals surface area (Å²) in [6.07, 6.45) is 4.22. The van der Waals surface area contributed by atoms with Gasteiger partial charge in [0.2, 0.25) is 10.0 Å². The van der Waals surface area contributed by atoms with Crippen molar-refractivity contribution in [2.24, 2.45) is 5.41 Å². The number of rotatable bonds is 4. The summed E-state index contributed by atoms with van der Waals surface area (Å²) in [7, 11) is -1.56. The Labute approximate surface area is 143 Å². The fourth-order valence-electron chi connectivity index (χ4n) is 4.00. The van der Waals surface area contributed by atoms with Crippen LogP contribution in [-0.4, -0.2) is 57.2 Å². The molecule has 0 saturated carbocycles. The number of hydrogen-bond acceptors (Lipinski definition) is 4. The largest absolute Gasteiger partial charge is 0.497 e. The molecule has 2 aliphatic rings. The number of halogens is 1. The Bertz CT molecular complexity index is 710. The highest BCUT2D eigenvalue weighted by Crippen LogP contribution is 2.40.